The van der Waals surface area contributed by atoms with Crippen molar-refractivity contribution in [2.45, 2.75) is 39.9 Å². The molecule has 5 heteroatoms. The predicted molar refractivity (Wildman–Crippen MR) is 68.3 cm³/mol. The molecule has 0 radical (unpaired) electrons. The SMILES string of the molecule is CCCNC(=O)C(C)Oc1ccc(C)nc1CO. The van der Waals surface area contributed by atoms with E-state index in [0.29, 0.717) is 18.0 Å². The third-order valence-corrected chi connectivity index (χ3v) is 2.44. The Bertz CT molecular complexity index is 407. The molecule has 0 saturated carbocycles. The van der Waals surface area contributed by atoms with E-state index in [9.17, 15) is 9.90 Å². The summed E-state index contributed by atoms with van der Waals surface area (Å²) in [6.45, 7) is 5.91. The van der Waals surface area contributed by atoms with Gasteiger partial charge in [-0.25, -0.2) is 0 Å². The molecule has 0 spiro atoms. The number of nitrogens with one attached hydrogen (secondary N) is 1. The molecule has 1 rings (SSSR count). The first-order valence-corrected chi connectivity index (χ1v) is 6.10. The largest absolute Gasteiger partial charge is 0.479 e. The molecule has 1 atom stereocenters. The van der Waals surface area contributed by atoms with Crippen molar-refractivity contribution in [3.63, 3.8) is 0 Å². The van der Waals surface area contributed by atoms with Crippen molar-refractivity contribution in [3.05, 3.63) is 23.5 Å². The molecular weight excluding hydrogens is 232 g/mol. The van der Waals surface area contributed by atoms with Gasteiger partial charge in [0.2, 0.25) is 0 Å². The molecule has 1 aromatic heterocycles. The highest BCUT2D eigenvalue weighted by molar-refractivity contribution is 5.80. The average molecular weight is 252 g/mol. The summed E-state index contributed by atoms with van der Waals surface area (Å²) < 4.78 is 5.52. The highest BCUT2D eigenvalue weighted by Gasteiger charge is 2.16. The van der Waals surface area contributed by atoms with Gasteiger partial charge in [-0.2, -0.15) is 0 Å². The zero-order valence-electron chi connectivity index (χ0n) is 11.1. The van der Waals surface area contributed by atoms with Crippen LogP contribution >= 0.6 is 0 Å². The van der Waals surface area contributed by atoms with E-state index in [2.05, 4.69) is 10.3 Å². The van der Waals surface area contributed by atoms with Gasteiger partial charge in [0.1, 0.15) is 11.4 Å². The number of aryl methyl sites for hydroxylation is 1. The molecule has 18 heavy (non-hydrogen) atoms. The summed E-state index contributed by atoms with van der Waals surface area (Å²) in [6, 6.07) is 3.50. The van der Waals surface area contributed by atoms with Crippen LogP contribution in [0.15, 0.2) is 12.1 Å². The Morgan fingerprint density at radius 2 is 2.28 bits per heavy atom. The van der Waals surface area contributed by atoms with Crippen molar-refractivity contribution >= 4 is 5.91 Å². The number of hydrogen-bond donors (Lipinski definition) is 2. The molecule has 1 heterocycles. The maximum Gasteiger partial charge on any atom is 0.260 e. The monoisotopic (exact) mass is 252 g/mol. The van der Waals surface area contributed by atoms with Gasteiger partial charge in [-0.05, 0) is 32.4 Å². The molecule has 0 saturated heterocycles. The van der Waals surface area contributed by atoms with Gasteiger partial charge in [0, 0.05) is 12.2 Å². The van der Waals surface area contributed by atoms with Crippen LogP contribution in [0.1, 0.15) is 31.7 Å². The fourth-order valence-electron chi connectivity index (χ4n) is 1.45. The number of carbonyl (C=O) groups is 1. The Hall–Kier alpha value is -1.62. The zero-order valence-corrected chi connectivity index (χ0v) is 11.1. The predicted octanol–water partition coefficient (Wildman–Crippen LogP) is 1.18. The number of ether oxygens (including phenoxy) is 1. The van der Waals surface area contributed by atoms with Crippen LogP contribution < -0.4 is 10.1 Å². The van der Waals surface area contributed by atoms with E-state index in [4.69, 9.17) is 4.74 Å². The first kappa shape index (κ1) is 14.4. The smallest absolute Gasteiger partial charge is 0.260 e. The molecular formula is C13H20N2O3. The minimum atomic E-state index is -0.605. The van der Waals surface area contributed by atoms with Gasteiger partial charge in [-0.1, -0.05) is 6.92 Å². The zero-order chi connectivity index (χ0) is 13.5. The van der Waals surface area contributed by atoms with E-state index < -0.39 is 6.10 Å². The quantitative estimate of drug-likeness (QED) is 0.797. The Morgan fingerprint density at radius 3 is 2.89 bits per heavy atom. The van der Waals surface area contributed by atoms with Gasteiger partial charge >= 0.3 is 0 Å². The number of carbonyl (C=O) groups excluding carboxylic acids is 1. The van der Waals surface area contributed by atoms with Crippen molar-refractivity contribution in [2.24, 2.45) is 0 Å². The summed E-state index contributed by atoms with van der Waals surface area (Å²) in [6.07, 6.45) is 0.276. The van der Waals surface area contributed by atoms with E-state index in [1.165, 1.54) is 0 Å². The molecule has 0 bridgehead atoms. The molecule has 100 valence electrons. The normalized spacial score (nSPS) is 12.0. The second-order valence-corrected chi connectivity index (χ2v) is 4.11. The van der Waals surface area contributed by atoms with Gasteiger partial charge in [0.15, 0.2) is 6.10 Å². The Morgan fingerprint density at radius 1 is 1.56 bits per heavy atom. The molecule has 1 aromatic rings. The molecule has 0 aromatic carbocycles. The van der Waals surface area contributed by atoms with Crippen LogP contribution in [0.2, 0.25) is 0 Å². The van der Waals surface area contributed by atoms with Gasteiger partial charge < -0.3 is 15.2 Å². The molecule has 0 aliphatic heterocycles. The summed E-state index contributed by atoms with van der Waals surface area (Å²) in [5.41, 5.74) is 1.25. The lowest BCUT2D eigenvalue weighted by Crippen LogP contribution is -2.36. The molecule has 0 aliphatic rings. The lowest BCUT2D eigenvalue weighted by molar-refractivity contribution is -0.127. The standard InChI is InChI=1S/C13H20N2O3/c1-4-7-14-13(17)10(3)18-12-6-5-9(2)15-11(12)8-16/h5-6,10,16H,4,7-8H2,1-3H3,(H,14,17). The Labute approximate surface area is 107 Å². The van der Waals surface area contributed by atoms with Crippen LogP contribution in [0.5, 0.6) is 5.75 Å². The number of aliphatic hydroxyl groups excluding tert-OH is 1. The minimum Gasteiger partial charge on any atom is -0.479 e. The number of rotatable bonds is 6. The van der Waals surface area contributed by atoms with E-state index in [0.717, 1.165) is 12.1 Å². The van der Waals surface area contributed by atoms with E-state index in [1.807, 2.05) is 13.8 Å². The second-order valence-electron chi connectivity index (χ2n) is 4.11. The summed E-state index contributed by atoms with van der Waals surface area (Å²) >= 11 is 0. The lowest BCUT2D eigenvalue weighted by atomic mass is 10.3. The number of nitrogens with zero attached hydrogens (tertiary/aromatic N) is 1. The van der Waals surface area contributed by atoms with Gasteiger partial charge in [0.25, 0.3) is 5.91 Å². The number of aliphatic hydroxyl groups is 1. The fraction of sp³-hybridized carbons (Fsp3) is 0.538. The van der Waals surface area contributed by atoms with Crippen molar-refractivity contribution in [1.29, 1.82) is 0 Å². The summed E-state index contributed by atoms with van der Waals surface area (Å²) in [4.78, 5) is 15.8. The third-order valence-electron chi connectivity index (χ3n) is 2.44. The van der Waals surface area contributed by atoms with Gasteiger partial charge in [-0.15, -0.1) is 0 Å². The van der Waals surface area contributed by atoms with Crippen LogP contribution in [0.25, 0.3) is 0 Å². The Balaban J connectivity index is 2.69. The molecule has 0 aliphatic carbocycles. The van der Waals surface area contributed by atoms with Crippen molar-refractivity contribution < 1.29 is 14.6 Å². The van der Waals surface area contributed by atoms with Crippen LogP contribution in [-0.2, 0) is 11.4 Å². The van der Waals surface area contributed by atoms with Crippen LogP contribution in [0, 0.1) is 6.92 Å². The highest BCUT2D eigenvalue weighted by Crippen LogP contribution is 2.18. The second kappa shape index (κ2) is 6.96. The lowest BCUT2D eigenvalue weighted by Gasteiger charge is -2.16. The van der Waals surface area contributed by atoms with E-state index in [1.54, 1.807) is 19.1 Å². The number of amides is 1. The maximum absolute atomic E-state index is 11.7. The number of pyridine rings is 1. The van der Waals surface area contributed by atoms with E-state index in [-0.39, 0.29) is 12.5 Å². The van der Waals surface area contributed by atoms with Crippen LogP contribution in [0.4, 0.5) is 0 Å². The molecule has 0 fully saturated rings. The van der Waals surface area contributed by atoms with E-state index >= 15 is 0 Å². The molecule has 1 amide bonds. The molecule has 1 unspecified atom stereocenters. The van der Waals surface area contributed by atoms with Crippen molar-refractivity contribution in [3.8, 4) is 5.75 Å². The summed E-state index contributed by atoms with van der Waals surface area (Å²) in [5, 5.41) is 11.9. The Kier molecular flexibility index (Phi) is 5.58. The summed E-state index contributed by atoms with van der Waals surface area (Å²) in [5.74, 6) is 0.281. The summed E-state index contributed by atoms with van der Waals surface area (Å²) in [7, 11) is 0. The third kappa shape index (κ3) is 4.00. The average Bonchev–Trinajstić information content (AvgIpc) is 2.37. The van der Waals surface area contributed by atoms with Gasteiger partial charge in [0.05, 0.1) is 6.61 Å². The minimum absolute atomic E-state index is 0.165. The van der Waals surface area contributed by atoms with Gasteiger partial charge in [-0.3, -0.25) is 9.78 Å². The fourth-order valence-corrected chi connectivity index (χ4v) is 1.45. The first-order chi connectivity index (χ1) is 8.58. The molecule has 5 nitrogen and oxygen atoms in total. The molecule has 2 N–H and O–H groups in total. The highest BCUT2D eigenvalue weighted by atomic mass is 16.5. The van der Waals surface area contributed by atoms with Crippen LogP contribution in [0.3, 0.4) is 0 Å². The number of aromatic nitrogens is 1. The van der Waals surface area contributed by atoms with Crippen molar-refractivity contribution in [1.82, 2.24) is 10.3 Å². The first-order valence-electron chi connectivity index (χ1n) is 6.10. The maximum atomic E-state index is 11.7. The van der Waals surface area contributed by atoms with Crippen LogP contribution in [-0.4, -0.2) is 28.6 Å². The topological polar surface area (TPSA) is 71.5 Å². The van der Waals surface area contributed by atoms with Crippen molar-refractivity contribution in [2.75, 3.05) is 6.54 Å². The number of hydrogen-bond acceptors (Lipinski definition) is 4.